The molecular formula is C31H34O8S. The van der Waals surface area contributed by atoms with Crippen molar-refractivity contribution in [2.75, 3.05) is 20.8 Å². The molecule has 3 aromatic carbocycles. The first kappa shape index (κ1) is 29.5. The van der Waals surface area contributed by atoms with Crippen LogP contribution in [0, 0.1) is 18.3 Å². The second kappa shape index (κ2) is 12.8. The number of rotatable bonds is 11. The lowest BCUT2D eigenvalue weighted by atomic mass is 9.77. The summed E-state index contributed by atoms with van der Waals surface area (Å²) in [6, 6.07) is 25.1. The normalized spacial score (nSPS) is 20.1. The van der Waals surface area contributed by atoms with Crippen molar-refractivity contribution in [1.29, 1.82) is 0 Å². The molecule has 1 saturated carbocycles. The average Bonchev–Trinajstić information content (AvgIpc) is 3.32. The van der Waals surface area contributed by atoms with Gasteiger partial charge in [-0.15, -0.1) is 0 Å². The van der Waals surface area contributed by atoms with Crippen molar-refractivity contribution in [3.8, 4) is 0 Å². The Hall–Kier alpha value is -3.53. The van der Waals surface area contributed by atoms with Crippen LogP contribution in [0.1, 0.15) is 23.1 Å². The fourth-order valence-corrected chi connectivity index (χ4v) is 7.30. The molecule has 0 bridgehead atoms. The molecule has 0 N–H and O–H groups in total. The van der Waals surface area contributed by atoms with Crippen molar-refractivity contribution in [3.63, 3.8) is 0 Å². The number of hydrogen-bond acceptors (Lipinski definition) is 8. The summed E-state index contributed by atoms with van der Waals surface area (Å²) >= 11 is 0. The fourth-order valence-electron chi connectivity index (χ4n) is 5.34. The maximum absolute atomic E-state index is 14.1. The van der Waals surface area contributed by atoms with Crippen LogP contribution in [0.5, 0.6) is 0 Å². The Morgan fingerprint density at radius 1 is 0.800 bits per heavy atom. The Morgan fingerprint density at radius 2 is 1.32 bits per heavy atom. The van der Waals surface area contributed by atoms with Crippen LogP contribution in [0.25, 0.3) is 0 Å². The van der Waals surface area contributed by atoms with Crippen molar-refractivity contribution in [2.45, 2.75) is 42.8 Å². The summed E-state index contributed by atoms with van der Waals surface area (Å²) in [5.74, 6) is -2.78. The second-order valence-electron chi connectivity index (χ2n) is 9.92. The van der Waals surface area contributed by atoms with E-state index in [4.69, 9.17) is 18.9 Å². The van der Waals surface area contributed by atoms with Gasteiger partial charge in [0.05, 0.1) is 50.3 Å². The van der Waals surface area contributed by atoms with Gasteiger partial charge in [0, 0.05) is 5.92 Å². The summed E-state index contributed by atoms with van der Waals surface area (Å²) in [4.78, 5) is 26.9. The standard InChI is InChI=1S/C31H34O8S/c1-22-14-16-25(17-15-22)40(34,35)27-18-31(29(32)36-2,30(33)37-3)26(21-38-19-23-10-6-4-7-11-23)28(27)39-20-24-12-8-5-9-13-24/h4-17,26-28H,18-21H2,1-3H3/t26-,27+,28+/m0/s1. The summed E-state index contributed by atoms with van der Waals surface area (Å²) in [6.45, 7) is 1.98. The fraction of sp³-hybridized carbons (Fsp3) is 0.355. The number of esters is 2. The minimum Gasteiger partial charge on any atom is -0.468 e. The van der Waals surface area contributed by atoms with Gasteiger partial charge in [0.1, 0.15) is 0 Å². The lowest BCUT2D eigenvalue weighted by molar-refractivity contribution is -0.177. The van der Waals surface area contributed by atoms with E-state index in [1.807, 2.05) is 67.6 Å². The van der Waals surface area contributed by atoms with Crippen LogP contribution in [-0.4, -0.2) is 52.5 Å². The molecule has 4 rings (SSSR count). The van der Waals surface area contributed by atoms with Crippen molar-refractivity contribution in [3.05, 3.63) is 102 Å². The Kier molecular flexibility index (Phi) is 9.40. The van der Waals surface area contributed by atoms with Gasteiger partial charge in [0.2, 0.25) is 0 Å². The summed E-state index contributed by atoms with van der Waals surface area (Å²) in [5.41, 5.74) is 0.636. The molecule has 1 aliphatic rings. The van der Waals surface area contributed by atoms with Gasteiger partial charge in [-0.1, -0.05) is 78.4 Å². The Morgan fingerprint density at radius 3 is 1.85 bits per heavy atom. The molecule has 0 saturated heterocycles. The predicted octanol–water partition coefficient (Wildman–Crippen LogP) is 4.29. The minimum absolute atomic E-state index is 0.0685. The van der Waals surface area contributed by atoms with Crippen LogP contribution < -0.4 is 0 Å². The molecule has 0 heterocycles. The third-order valence-electron chi connectivity index (χ3n) is 7.46. The number of hydrogen-bond donors (Lipinski definition) is 0. The molecule has 8 nitrogen and oxygen atoms in total. The average molecular weight is 567 g/mol. The van der Waals surface area contributed by atoms with Crippen LogP contribution in [0.15, 0.2) is 89.8 Å². The second-order valence-corrected chi connectivity index (χ2v) is 12.1. The predicted molar refractivity (Wildman–Crippen MR) is 148 cm³/mol. The van der Waals surface area contributed by atoms with Crippen LogP contribution in [0.2, 0.25) is 0 Å². The van der Waals surface area contributed by atoms with E-state index >= 15 is 0 Å². The molecule has 0 aliphatic heterocycles. The summed E-state index contributed by atoms with van der Waals surface area (Å²) < 4.78 is 50.7. The van der Waals surface area contributed by atoms with Crippen LogP contribution in [0.3, 0.4) is 0 Å². The molecule has 212 valence electrons. The van der Waals surface area contributed by atoms with Gasteiger partial charge >= 0.3 is 11.9 Å². The highest BCUT2D eigenvalue weighted by molar-refractivity contribution is 7.92. The molecule has 1 fully saturated rings. The third-order valence-corrected chi connectivity index (χ3v) is 9.62. The Bertz CT molecular complexity index is 1370. The van der Waals surface area contributed by atoms with E-state index in [2.05, 4.69) is 0 Å². The first-order valence-electron chi connectivity index (χ1n) is 13.0. The zero-order valence-electron chi connectivity index (χ0n) is 22.8. The number of aryl methyl sites for hydroxylation is 1. The molecule has 40 heavy (non-hydrogen) atoms. The van der Waals surface area contributed by atoms with Crippen LogP contribution >= 0.6 is 0 Å². The summed E-state index contributed by atoms with van der Waals surface area (Å²) in [7, 11) is -1.74. The van der Waals surface area contributed by atoms with E-state index in [9.17, 15) is 18.0 Å². The van der Waals surface area contributed by atoms with E-state index in [-0.39, 0.29) is 31.1 Å². The van der Waals surface area contributed by atoms with Gasteiger partial charge in [-0.2, -0.15) is 0 Å². The highest BCUT2D eigenvalue weighted by Gasteiger charge is 2.67. The Labute approximate surface area is 235 Å². The van der Waals surface area contributed by atoms with Crippen LogP contribution in [-0.2, 0) is 51.6 Å². The number of benzene rings is 3. The van der Waals surface area contributed by atoms with E-state index in [1.165, 1.54) is 12.1 Å². The molecule has 0 radical (unpaired) electrons. The van der Waals surface area contributed by atoms with Gasteiger partial charge in [-0.3, -0.25) is 9.59 Å². The molecule has 0 unspecified atom stereocenters. The van der Waals surface area contributed by atoms with Crippen molar-refractivity contribution in [1.82, 2.24) is 0 Å². The monoisotopic (exact) mass is 566 g/mol. The highest BCUT2D eigenvalue weighted by atomic mass is 32.2. The number of methoxy groups -OCH3 is 2. The SMILES string of the molecule is COC(=O)C1(C(=O)OC)C[C@@H](S(=O)(=O)c2ccc(C)cc2)[C@H](OCc2ccccc2)[C@@H]1COCc1ccccc1. The van der Waals surface area contributed by atoms with Gasteiger partial charge in [0.15, 0.2) is 15.3 Å². The van der Waals surface area contributed by atoms with Crippen molar-refractivity contribution >= 4 is 21.8 Å². The number of sulfone groups is 1. The summed E-state index contributed by atoms with van der Waals surface area (Å²) in [5, 5.41) is -1.25. The van der Waals surface area contributed by atoms with E-state index in [0.717, 1.165) is 30.9 Å². The molecule has 0 amide bonds. The first-order valence-corrected chi connectivity index (χ1v) is 14.5. The topological polar surface area (TPSA) is 105 Å². The largest absolute Gasteiger partial charge is 0.468 e. The number of carbonyl (C=O) groups is 2. The van der Waals surface area contributed by atoms with E-state index in [0.29, 0.717) is 0 Å². The number of ether oxygens (including phenoxy) is 4. The third kappa shape index (κ3) is 5.96. The Balaban J connectivity index is 1.78. The minimum atomic E-state index is -4.07. The maximum Gasteiger partial charge on any atom is 0.323 e. The molecular weight excluding hydrogens is 532 g/mol. The lowest BCUT2D eigenvalue weighted by Crippen LogP contribution is -2.48. The molecule has 0 aromatic heterocycles. The van der Waals surface area contributed by atoms with Gasteiger partial charge in [-0.25, -0.2) is 8.42 Å². The van der Waals surface area contributed by atoms with Gasteiger partial charge < -0.3 is 18.9 Å². The smallest absolute Gasteiger partial charge is 0.323 e. The first-order chi connectivity index (χ1) is 19.2. The zero-order chi connectivity index (χ0) is 28.8. The maximum atomic E-state index is 14.1. The van der Waals surface area contributed by atoms with Crippen LogP contribution in [0.4, 0.5) is 0 Å². The van der Waals surface area contributed by atoms with E-state index in [1.54, 1.807) is 12.1 Å². The molecule has 9 heteroatoms. The van der Waals surface area contributed by atoms with Gasteiger partial charge in [0.25, 0.3) is 0 Å². The van der Waals surface area contributed by atoms with E-state index < -0.39 is 44.5 Å². The molecule has 3 atom stereocenters. The van der Waals surface area contributed by atoms with Gasteiger partial charge in [-0.05, 0) is 36.6 Å². The molecule has 1 aliphatic carbocycles. The van der Waals surface area contributed by atoms with Crippen molar-refractivity contribution in [2.24, 2.45) is 11.3 Å². The molecule has 0 spiro atoms. The molecule has 3 aromatic rings. The highest BCUT2D eigenvalue weighted by Crippen LogP contribution is 2.51. The lowest BCUT2D eigenvalue weighted by Gasteiger charge is -2.32. The summed E-state index contributed by atoms with van der Waals surface area (Å²) in [6.07, 6.45) is -1.46. The number of carbonyl (C=O) groups excluding carboxylic acids is 2. The van der Waals surface area contributed by atoms with Crippen molar-refractivity contribution < 1.29 is 37.0 Å². The zero-order valence-corrected chi connectivity index (χ0v) is 23.6. The quantitative estimate of drug-likeness (QED) is 0.250.